The van der Waals surface area contributed by atoms with Crippen molar-refractivity contribution < 1.29 is 13.9 Å². The zero-order valence-corrected chi connectivity index (χ0v) is 20.5. The second-order valence-electron chi connectivity index (χ2n) is 8.26. The van der Waals surface area contributed by atoms with E-state index in [-0.39, 0.29) is 12.1 Å². The summed E-state index contributed by atoms with van der Waals surface area (Å²) in [7, 11) is 1.67. The lowest BCUT2D eigenvalue weighted by atomic mass is 10.0. The van der Waals surface area contributed by atoms with E-state index in [9.17, 15) is 0 Å². The summed E-state index contributed by atoms with van der Waals surface area (Å²) < 4.78 is 17.3. The lowest BCUT2D eigenvalue weighted by molar-refractivity contribution is 0.269. The van der Waals surface area contributed by atoms with Gasteiger partial charge in [-0.1, -0.05) is 18.2 Å². The Labute approximate surface area is 210 Å². The molecule has 3 heterocycles. The van der Waals surface area contributed by atoms with Crippen LogP contribution < -0.4 is 14.8 Å². The van der Waals surface area contributed by atoms with Gasteiger partial charge in [-0.15, -0.1) is 0 Å². The Morgan fingerprint density at radius 3 is 2.43 bits per heavy atom. The van der Waals surface area contributed by atoms with E-state index in [1.807, 2.05) is 73.7 Å². The molecule has 0 aliphatic carbocycles. The maximum Gasteiger partial charge on any atom is 0.170 e. The molecular weight excluding hydrogens is 458 g/mol. The summed E-state index contributed by atoms with van der Waals surface area (Å²) in [5.41, 5.74) is 3.03. The van der Waals surface area contributed by atoms with Crippen LogP contribution in [0.25, 0.3) is 11.3 Å². The molecule has 0 unspecified atom stereocenters. The van der Waals surface area contributed by atoms with Crippen molar-refractivity contribution in [2.24, 2.45) is 0 Å². The second kappa shape index (κ2) is 10.2. The molecule has 1 N–H and O–H groups in total. The molecule has 0 spiro atoms. The number of hydrogen-bond donors (Lipinski definition) is 1. The molecule has 178 valence electrons. The number of rotatable bonds is 8. The highest BCUT2D eigenvalue weighted by Crippen LogP contribution is 2.41. The van der Waals surface area contributed by atoms with Crippen LogP contribution in [0.4, 0.5) is 0 Å². The summed E-state index contributed by atoms with van der Waals surface area (Å²) in [6.45, 7) is 3.24. The molecule has 1 aliphatic heterocycles. The molecule has 0 saturated carbocycles. The third kappa shape index (κ3) is 4.86. The lowest BCUT2D eigenvalue weighted by Gasteiger charge is -2.26. The first kappa shape index (κ1) is 22.9. The molecule has 1 saturated heterocycles. The molecule has 0 amide bonds. The van der Waals surface area contributed by atoms with Crippen LogP contribution in [0.1, 0.15) is 36.0 Å². The summed E-state index contributed by atoms with van der Waals surface area (Å²) in [5.74, 6) is 3.29. The van der Waals surface area contributed by atoms with Crippen molar-refractivity contribution in [2.45, 2.75) is 25.6 Å². The first-order valence-corrected chi connectivity index (χ1v) is 12.0. The van der Waals surface area contributed by atoms with Crippen molar-refractivity contribution in [3.63, 3.8) is 0 Å². The van der Waals surface area contributed by atoms with Crippen LogP contribution in [0.3, 0.4) is 0 Å². The van der Waals surface area contributed by atoms with E-state index >= 15 is 0 Å². The molecule has 1 fully saturated rings. The number of benzene rings is 2. The summed E-state index contributed by atoms with van der Waals surface area (Å²) in [6, 6.07) is 25.6. The molecular formula is C28H27N3O3S. The van der Waals surface area contributed by atoms with Gasteiger partial charge in [0.25, 0.3) is 0 Å². The average molecular weight is 486 g/mol. The molecule has 35 heavy (non-hydrogen) atoms. The Morgan fingerprint density at radius 2 is 1.74 bits per heavy atom. The topological polar surface area (TPSA) is 59.8 Å². The van der Waals surface area contributed by atoms with Gasteiger partial charge in [-0.25, -0.2) is 0 Å². The number of furan rings is 1. The van der Waals surface area contributed by atoms with Crippen LogP contribution in [0.15, 0.2) is 89.5 Å². The van der Waals surface area contributed by atoms with Gasteiger partial charge in [0, 0.05) is 18.3 Å². The fraction of sp³-hybridized carbons (Fsp3) is 0.214. The van der Waals surface area contributed by atoms with Crippen LogP contribution in [-0.2, 0) is 6.54 Å². The first-order valence-electron chi connectivity index (χ1n) is 11.6. The first-order chi connectivity index (χ1) is 17.2. The van der Waals surface area contributed by atoms with Gasteiger partial charge in [0.05, 0.1) is 25.5 Å². The van der Waals surface area contributed by atoms with Gasteiger partial charge in [0.1, 0.15) is 29.1 Å². The number of ether oxygens (including phenoxy) is 2. The maximum absolute atomic E-state index is 6.43. The number of pyridine rings is 1. The summed E-state index contributed by atoms with van der Waals surface area (Å²) >= 11 is 5.79. The summed E-state index contributed by atoms with van der Waals surface area (Å²) in [4.78, 5) is 6.77. The highest BCUT2D eigenvalue weighted by Gasteiger charge is 2.41. The van der Waals surface area contributed by atoms with Crippen LogP contribution in [0.2, 0.25) is 0 Å². The van der Waals surface area contributed by atoms with Crippen molar-refractivity contribution in [2.75, 3.05) is 13.7 Å². The van der Waals surface area contributed by atoms with Gasteiger partial charge in [-0.05, 0) is 85.4 Å². The van der Waals surface area contributed by atoms with E-state index < -0.39 is 0 Å². The number of aromatic nitrogens is 1. The van der Waals surface area contributed by atoms with Crippen molar-refractivity contribution >= 4 is 17.3 Å². The maximum atomic E-state index is 6.43. The molecule has 0 bridgehead atoms. The molecule has 1 aliphatic rings. The third-order valence-electron chi connectivity index (χ3n) is 6.08. The van der Waals surface area contributed by atoms with Crippen molar-refractivity contribution in [3.8, 4) is 22.8 Å². The lowest BCUT2D eigenvalue weighted by Crippen LogP contribution is -2.29. The minimum absolute atomic E-state index is 0.138. The smallest absolute Gasteiger partial charge is 0.170 e. The monoisotopic (exact) mass is 485 g/mol. The number of thiocarbonyl (C=S) groups is 1. The van der Waals surface area contributed by atoms with Gasteiger partial charge in [0.2, 0.25) is 0 Å². The van der Waals surface area contributed by atoms with E-state index in [0.717, 1.165) is 39.8 Å². The standard InChI is InChI=1S/C28H27N3O3S/c1-3-33-22-13-9-20(10-14-22)24-15-16-25(34-24)27-26(23-6-4-5-17-29-23)30-28(35)31(27)18-19-7-11-21(32-2)12-8-19/h4-17,26-27H,3,18H2,1-2H3,(H,30,35)/t26-,27+/m1/s1. The average Bonchev–Trinajstić information content (AvgIpc) is 3.51. The fourth-order valence-corrected chi connectivity index (χ4v) is 4.67. The highest BCUT2D eigenvalue weighted by molar-refractivity contribution is 7.80. The Bertz CT molecular complexity index is 1270. The fourth-order valence-electron chi connectivity index (χ4n) is 4.36. The zero-order valence-electron chi connectivity index (χ0n) is 19.7. The molecule has 2 aromatic heterocycles. The number of nitrogens with one attached hydrogen (secondary N) is 1. The Morgan fingerprint density at radius 1 is 0.971 bits per heavy atom. The van der Waals surface area contributed by atoms with E-state index in [1.165, 1.54) is 0 Å². The highest BCUT2D eigenvalue weighted by atomic mass is 32.1. The molecule has 7 heteroatoms. The largest absolute Gasteiger partial charge is 0.497 e. The Balaban J connectivity index is 1.48. The van der Waals surface area contributed by atoms with Crippen molar-refractivity contribution in [3.05, 3.63) is 102 Å². The third-order valence-corrected chi connectivity index (χ3v) is 6.43. The van der Waals surface area contributed by atoms with Gasteiger partial charge >= 0.3 is 0 Å². The van der Waals surface area contributed by atoms with Gasteiger partial charge in [-0.3, -0.25) is 4.98 Å². The van der Waals surface area contributed by atoms with E-state index in [4.69, 9.17) is 26.1 Å². The predicted molar refractivity (Wildman–Crippen MR) is 139 cm³/mol. The van der Waals surface area contributed by atoms with Crippen molar-refractivity contribution in [1.82, 2.24) is 15.2 Å². The molecule has 6 nitrogen and oxygen atoms in total. The quantitative estimate of drug-likeness (QED) is 0.311. The van der Waals surface area contributed by atoms with E-state index in [2.05, 4.69) is 27.3 Å². The number of methoxy groups -OCH3 is 1. The number of nitrogens with zero attached hydrogens (tertiary/aromatic N) is 2. The number of hydrogen-bond acceptors (Lipinski definition) is 5. The minimum atomic E-state index is -0.157. The summed E-state index contributed by atoms with van der Waals surface area (Å²) in [5, 5.41) is 4.14. The van der Waals surface area contributed by atoms with Crippen LogP contribution in [-0.4, -0.2) is 28.7 Å². The Kier molecular flexibility index (Phi) is 6.68. The SMILES string of the molecule is CCOc1ccc(-c2ccc([C@H]3[C@@H](c4ccccn4)NC(=S)N3Cc3ccc(OC)cc3)o2)cc1. The molecule has 2 aromatic carbocycles. The van der Waals surface area contributed by atoms with Crippen LogP contribution >= 0.6 is 12.2 Å². The predicted octanol–water partition coefficient (Wildman–Crippen LogP) is 5.92. The molecule has 2 atom stereocenters. The second-order valence-corrected chi connectivity index (χ2v) is 8.65. The Hall–Kier alpha value is -3.84. The van der Waals surface area contributed by atoms with E-state index in [0.29, 0.717) is 18.3 Å². The van der Waals surface area contributed by atoms with Crippen LogP contribution in [0, 0.1) is 0 Å². The minimum Gasteiger partial charge on any atom is -0.497 e. The molecule has 4 aromatic rings. The summed E-state index contributed by atoms with van der Waals surface area (Å²) in [6.07, 6.45) is 1.80. The van der Waals surface area contributed by atoms with Gasteiger partial charge < -0.3 is 24.1 Å². The molecule has 0 radical (unpaired) electrons. The van der Waals surface area contributed by atoms with Crippen molar-refractivity contribution in [1.29, 1.82) is 0 Å². The van der Waals surface area contributed by atoms with E-state index in [1.54, 1.807) is 13.3 Å². The zero-order chi connectivity index (χ0) is 24.2. The van der Waals surface area contributed by atoms with Crippen LogP contribution in [0.5, 0.6) is 11.5 Å². The van der Waals surface area contributed by atoms with Gasteiger partial charge in [0.15, 0.2) is 5.11 Å². The molecule has 5 rings (SSSR count). The normalized spacial score (nSPS) is 17.3. The van der Waals surface area contributed by atoms with Gasteiger partial charge in [-0.2, -0.15) is 0 Å².